The second-order valence-electron chi connectivity index (χ2n) is 4.54. The summed E-state index contributed by atoms with van der Waals surface area (Å²) in [6, 6.07) is 6.64. The van der Waals surface area contributed by atoms with Gasteiger partial charge in [-0.15, -0.1) is 0 Å². The van der Waals surface area contributed by atoms with Gasteiger partial charge in [0.25, 0.3) is 0 Å². The van der Waals surface area contributed by atoms with Gasteiger partial charge in [-0.1, -0.05) is 24.3 Å². The molecule has 0 aromatic heterocycles. The van der Waals surface area contributed by atoms with Crippen LogP contribution >= 0.6 is 0 Å². The molecule has 1 aromatic carbocycles. The topological polar surface area (TPSA) is 89.6 Å². The standard InChI is InChI=1S/C9H6O2.C8H9NO2/c10-9(11)8-5-4-6-2-1-3-7(6)8;1-11-7-4-2-6(3-5-7)8(9)10/h1-5H,(H,10,11);2-5H,1H3,(H2,9,10). The third-order valence-corrected chi connectivity index (χ3v) is 3.17. The molecule has 0 heterocycles. The summed E-state index contributed by atoms with van der Waals surface area (Å²) in [5.41, 5.74) is 7.74. The molecule has 0 saturated heterocycles. The molecule has 2 aliphatic rings. The van der Waals surface area contributed by atoms with E-state index in [4.69, 9.17) is 15.6 Å². The molecule has 0 spiro atoms. The van der Waals surface area contributed by atoms with Crippen LogP contribution in [0.1, 0.15) is 10.4 Å². The fraction of sp³-hybridized carbons (Fsp3) is 0.0588. The molecule has 1 aromatic rings. The van der Waals surface area contributed by atoms with E-state index in [2.05, 4.69) is 0 Å². The number of carboxylic acids is 1. The van der Waals surface area contributed by atoms with Crippen molar-refractivity contribution in [3.05, 3.63) is 76.9 Å². The van der Waals surface area contributed by atoms with E-state index in [1.807, 2.05) is 24.3 Å². The summed E-state index contributed by atoms with van der Waals surface area (Å²) in [6.07, 6.45) is 9.03. The lowest BCUT2D eigenvalue weighted by Crippen LogP contribution is -2.10. The highest BCUT2D eigenvalue weighted by atomic mass is 16.5. The molecule has 1 amide bonds. The number of methoxy groups -OCH3 is 1. The number of fused-ring (bicyclic) bond motifs is 1. The van der Waals surface area contributed by atoms with Gasteiger partial charge < -0.3 is 15.6 Å². The largest absolute Gasteiger partial charge is 0.497 e. The van der Waals surface area contributed by atoms with Gasteiger partial charge in [-0.05, 0) is 41.5 Å². The maximum absolute atomic E-state index is 10.6. The molecule has 22 heavy (non-hydrogen) atoms. The Hall–Kier alpha value is -3.08. The van der Waals surface area contributed by atoms with E-state index in [1.165, 1.54) is 0 Å². The predicted molar refractivity (Wildman–Crippen MR) is 82.5 cm³/mol. The van der Waals surface area contributed by atoms with Crippen molar-refractivity contribution in [3.63, 3.8) is 0 Å². The molecule has 5 nitrogen and oxygen atoms in total. The number of hydrogen-bond donors (Lipinski definition) is 2. The van der Waals surface area contributed by atoms with Gasteiger partial charge in [-0.2, -0.15) is 0 Å². The molecule has 0 aliphatic heterocycles. The molecule has 0 bridgehead atoms. The van der Waals surface area contributed by atoms with Gasteiger partial charge in [-0.25, -0.2) is 4.79 Å². The fourth-order valence-electron chi connectivity index (χ4n) is 2.03. The van der Waals surface area contributed by atoms with Crippen molar-refractivity contribution in [2.24, 2.45) is 5.73 Å². The Morgan fingerprint density at radius 1 is 1.09 bits per heavy atom. The molecule has 0 unspecified atom stereocenters. The number of primary amides is 1. The second kappa shape index (κ2) is 6.58. The van der Waals surface area contributed by atoms with Gasteiger partial charge >= 0.3 is 5.97 Å². The minimum atomic E-state index is -0.855. The highest BCUT2D eigenvalue weighted by Gasteiger charge is 2.20. The summed E-state index contributed by atoms with van der Waals surface area (Å²) >= 11 is 0. The average Bonchev–Trinajstić information content (AvgIpc) is 3.10. The Morgan fingerprint density at radius 2 is 1.77 bits per heavy atom. The van der Waals surface area contributed by atoms with Crippen LogP contribution in [0, 0.1) is 0 Å². The number of carbonyl (C=O) groups excluding carboxylic acids is 1. The maximum atomic E-state index is 10.6. The summed E-state index contributed by atoms with van der Waals surface area (Å²) < 4.78 is 4.90. The van der Waals surface area contributed by atoms with Crippen molar-refractivity contribution in [2.75, 3.05) is 7.11 Å². The van der Waals surface area contributed by atoms with E-state index < -0.39 is 11.9 Å². The SMILES string of the molecule is COc1ccc(C(N)=O)cc1.O=C(O)C1=CC=C2C=CC=C21. The van der Waals surface area contributed by atoms with Crippen LogP contribution in [0.25, 0.3) is 0 Å². The van der Waals surface area contributed by atoms with Crippen LogP contribution < -0.4 is 10.5 Å². The molecule has 3 rings (SSSR count). The third kappa shape index (κ3) is 3.32. The van der Waals surface area contributed by atoms with Crippen molar-refractivity contribution in [1.82, 2.24) is 0 Å². The van der Waals surface area contributed by atoms with Crippen molar-refractivity contribution < 1.29 is 19.4 Å². The molecule has 2 aliphatic carbocycles. The first-order valence-corrected chi connectivity index (χ1v) is 6.51. The van der Waals surface area contributed by atoms with Crippen molar-refractivity contribution in [2.45, 2.75) is 0 Å². The number of benzene rings is 1. The number of carboxylic acid groups (broad SMARTS) is 1. The first-order chi connectivity index (χ1) is 10.5. The lowest BCUT2D eigenvalue weighted by atomic mass is 10.1. The second-order valence-corrected chi connectivity index (χ2v) is 4.54. The number of rotatable bonds is 3. The molecular weight excluding hydrogens is 282 g/mol. The summed E-state index contributed by atoms with van der Waals surface area (Å²) in [5.74, 6) is -0.561. The molecule has 3 N–H and O–H groups in total. The molecule has 0 saturated carbocycles. The highest BCUT2D eigenvalue weighted by Crippen LogP contribution is 2.30. The zero-order chi connectivity index (χ0) is 16.1. The van der Waals surface area contributed by atoms with Gasteiger partial charge in [0.2, 0.25) is 5.91 Å². The average molecular weight is 297 g/mol. The quantitative estimate of drug-likeness (QED) is 0.895. The van der Waals surface area contributed by atoms with E-state index in [0.717, 1.165) is 16.9 Å². The smallest absolute Gasteiger partial charge is 0.336 e. The van der Waals surface area contributed by atoms with E-state index in [9.17, 15) is 9.59 Å². The van der Waals surface area contributed by atoms with Crippen LogP contribution in [0.4, 0.5) is 0 Å². The molecule has 5 heteroatoms. The predicted octanol–water partition coefficient (Wildman–Crippen LogP) is 2.23. The molecular formula is C17H15NO4. The van der Waals surface area contributed by atoms with Gasteiger partial charge in [0.15, 0.2) is 0 Å². The van der Waals surface area contributed by atoms with Crippen molar-refractivity contribution >= 4 is 11.9 Å². The summed E-state index contributed by atoms with van der Waals surface area (Å²) in [7, 11) is 1.57. The Bertz CT molecular complexity index is 722. The third-order valence-electron chi connectivity index (χ3n) is 3.17. The zero-order valence-corrected chi connectivity index (χ0v) is 11.9. The van der Waals surface area contributed by atoms with Crippen LogP contribution in [0.2, 0.25) is 0 Å². The van der Waals surface area contributed by atoms with Gasteiger partial charge in [0, 0.05) is 5.56 Å². The summed E-state index contributed by atoms with van der Waals surface area (Å²) in [6.45, 7) is 0. The molecule has 0 atom stereocenters. The van der Waals surface area contributed by atoms with E-state index >= 15 is 0 Å². The van der Waals surface area contributed by atoms with Crippen LogP contribution in [-0.4, -0.2) is 24.1 Å². The van der Waals surface area contributed by atoms with Crippen molar-refractivity contribution in [3.8, 4) is 5.75 Å². The minimum Gasteiger partial charge on any atom is -0.497 e. The maximum Gasteiger partial charge on any atom is 0.336 e. The monoisotopic (exact) mass is 297 g/mol. The van der Waals surface area contributed by atoms with Gasteiger partial charge in [-0.3, -0.25) is 4.79 Å². The van der Waals surface area contributed by atoms with E-state index in [-0.39, 0.29) is 0 Å². The lowest BCUT2D eigenvalue weighted by molar-refractivity contribution is -0.132. The first kappa shape index (κ1) is 15.3. The van der Waals surface area contributed by atoms with Crippen LogP contribution in [0.3, 0.4) is 0 Å². The normalized spacial score (nSPS) is 14.1. The van der Waals surface area contributed by atoms with Crippen LogP contribution in [-0.2, 0) is 4.79 Å². The number of allylic oxidation sites excluding steroid dienone is 6. The zero-order valence-electron chi connectivity index (χ0n) is 11.9. The van der Waals surface area contributed by atoms with Crippen LogP contribution in [0.15, 0.2) is 71.4 Å². The molecule has 0 fully saturated rings. The summed E-state index contributed by atoms with van der Waals surface area (Å²) in [5, 5.41) is 8.69. The Morgan fingerprint density at radius 3 is 2.32 bits per heavy atom. The number of carbonyl (C=O) groups is 2. The molecule has 0 radical (unpaired) electrons. The highest BCUT2D eigenvalue weighted by molar-refractivity contribution is 5.97. The first-order valence-electron chi connectivity index (χ1n) is 6.51. The minimum absolute atomic E-state index is 0.394. The Balaban J connectivity index is 0.000000160. The van der Waals surface area contributed by atoms with Gasteiger partial charge in [0.1, 0.15) is 5.75 Å². The number of aliphatic carboxylic acids is 1. The van der Waals surface area contributed by atoms with Gasteiger partial charge in [0.05, 0.1) is 12.7 Å². The lowest BCUT2D eigenvalue weighted by Gasteiger charge is -1.98. The number of amides is 1. The summed E-state index contributed by atoms with van der Waals surface area (Å²) in [4.78, 5) is 21.2. The fourth-order valence-corrected chi connectivity index (χ4v) is 2.03. The van der Waals surface area contributed by atoms with E-state index in [1.54, 1.807) is 37.5 Å². The number of nitrogens with two attached hydrogens (primary N) is 1. The Labute approximate surface area is 127 Å². The number of ether oxygens (including phenoxy) is 1. The van der Waals surface area contributed by atoms with Crippen molar-refractivity contribution in [1.29, 1.82) is 0 Å². The van der Waals surface area contributed by atoms with E-state index in [0.29, 0.717) is 11.1 Å². The Kier molecular flexibility index (Phi) is 4.58. The van der Waals surface area contributed by atoms with Crippen LogP contribution in [0.5, 0.6) is 5.75 Å². The number of hydrogen-bond acceptors (Lipinski definition) is 3. The molecule has 112 valence electrons.